The van der Waals surface area contributed by atoms with Crippen molar-refractivity contribution in [2.24, 2.45) is 0 Å². The van der Waals surface area contributed by atoms with Crippen molar-refractivity contribution in [3.05, 3.63) is 57.8 Å². The first kappa shape index (κ1) is 21.9. The van der Waals surface area contributed by atoms with Gasteiger partial charge in [0.1, 0.15) is 0 Å². The van der Waals surface area contributed by atoms with Gasteiger partial charge in [-0.25, -0.2) is 0 Å². The van der Waals surface area contributed by atoms with Crippen molar-refractivity contribution in [2.75, 3.05) is 31.1 Å². The van der Waals surface area contributed by atoms with Gasteiger partial charge in [0.25, 0.3) is 0 Å². The van der Waals surface area contributed by atoms with Gasteiger partial charge < -0.3 is 4.90 Å². The highest BCUT2D eigenvalue weighted by molar-refractivity contribution is 9.10. The summed E-state index contributed by atoms with van der Waals surface area (Å²) in [5.41, 5.74) is 4.94. The number of benzene rings is 1. The molecule has 7 nitrogen and oxygen atoms in total. The molecule has 1 aromatic carbocycles. The van der Waals surface area contributed by atoms with E-state index in [-0.39, 0.29) is 23.2 Å². The van der Waals surface area contributed by atoms with Gasteiger partial charge in [-0.15, -0.1) is 0 Å². The molecule has 3 aliphatic heterocycles. The van der Waals surface area contributed by atoms with Gasteiger partial charge in [0, 0.05) is 58.1 Å². The first-order chi connectivity index (χ1) is 15.5. The Hall–Kier alpha value is -1.94. The molecule has 5 rings (SSSR count). The van der Waals surface area contributed by atoms with Crippen molar-refractivity contribution in [3.63, 3.8) is 0 Å². The van der Waals surface area contributed by atoms with E-state index in [1.54, 1.807) is 0 Å². The molecule has 2 amide bonds. The summed E-state index contributed by atoms with van der Waals surface area (Å²) < 4.78 is 1.03. The third-order valence-electron chi connectivity index (χ3n) is 6.71. The van der Waals surface area contributed by atoms with Crippen LogP contribution in [0.1, 0.15) is 34.9 Å². The van der Waals surface area contributed by atoms with E-state index in [1.165, 1.54) is 22.4 Å². The lowest BCUT2D eigenvalue weighted by molar-refractivity contribution is -0.137. The smallest absolute Gasteiger partial charge is 0.243 e. The Labute approximate surface area is 201 Å². The monoisotopic (exact) mass is 515 g/mol. The minimum atomic E-state index is -0.308. The lowest BCUT2D eigenvalue weighted by atomic mass is 10.0. The van der Waals surface area contributed by atoms with Gasteiger partial charge in [-0.2, -0.15) is 12.6 Å². The van der Waals surface area contributed by atoms with Crippen molar-refractivity contribution in [1.82, 2.24) is 20.1 Å². The highest BCUT2D eigenvalue weighted by Gasteiger charge is 2.39. The zero-order chi connectivity index (χ0) is 22.2. The number of nitrogens with zero attached hydrogens (tertiary/aromatic N) is 4. The fourth-order valence-corrected chi connectivity index (χ4v) is 5.96. The minimum Gasteiger partial charge on any atom is -0.368 e. The van der Waals surface area contributed by atoms with Gasteiger partial charge in [-0.1, -0.05) is 18.2 Å². The fraction of sp³-hybridized carbons (Fsp3) is 0.435. The molecule has 3 aliphatic rings. The van der Waals surface area contributed by atoms with E-state index in [2.05, 4.69) is 65.2 Å². The van der Waals surface area contributed by atoms with Gasteiger partial charge in [0.05, 0.1) is 21.6 Å². The van der Waals surface area contributed by atoms with E-state index < -0.39 is 0 Å². The third kappa shape index (κ3) is 4.19. The van der Waals surface area contributed by atoms with E-state index in [4.69, 9.17) is 12.6 Å². The maximum absolute atomic E-state index is 12.4. The summed E-state index contributed by atoms with van der Waals surface area (Å²) in [6, 6.07) is 8.15. The van der Waals surface area contributed by atoms with E-state index in [0.29, 0.717) is 19.4 Å². The lowest BCUT2D eigenvalue weighted by Crippen LogP contribution is -2.51. The van der Waals surface area contributed by atoms with Crippen molar-refractivity contribution < 1.29 is 9.59 Å². The number of pyridine rings is 1. The minimum absolute atomic E-state index is 0.130. The zero-order valence-corrected chi connectivity index (χ0v) is 20.2. The number of halogens is 1. The first-order valence-electron chi connectivity index (χ1n) is 11.0. The normalized spacial score (nSPS) is 24.5. The van der Waals surface area contributed by atoms with Crippen LogP contribution in [-0.4, -0.2) is 58.8 Å². The van der Waals surface area contributed by atoms with Gasteiger partial charge in [-0.05, 0) is 45.1 Å². The molecule has 0 radical (unpaired) electrons. The van der Waals surface area contributed by atoms with Gasteiger partial charge in [0.15, 0.2) is 0 Å². The topological polar surface area (TPSA) is 68.8 Å². The Morgan fingerprint density at radius 1 is 1.16 bits per heavy atom. The largest absolute Gasteiger partial charge is 0.368 e. The first-order valence-corrected chi connectivity index (χ1v) is 12.3. The van der Waals surface area contributed by atoms with Crippen molar-refractivity contribution >= 4 is 46.1 Å². The second kappa shape index (κ2) is 9.13. The van der Waals surface area contributed by atoms with Crippen LogP contribution in [0, 0.1) is 0 Å². The van der Waals surface area contributed by atoms with Crippen LogP contribution >= 0.6 is 28.6 Å². The molecule has 9 heteroatoms. The summed E-state index contributed by atoms with van der Waals surface area (Å²) in [6.45, 7) is 5.48. The SMILES string of the molecule is O=C1CCC(N2Cc3c(CN4CCN(c5ccncc5Br)CC4)cccc3C2S)C(=O)N1. The number of hydrogen-bond acceptors (Lipinski definition) is 7. The van der Waals surface area contributed by atoms with E-state index >= 15 is 0 Å². The molecule has 2 saturated heterocycles. The number of aromatic nitrogens is 1. The number of imide groups is 1. The molecule has 0 saturated carbocycles. The third-order valence-corrected chi connectivity index (χ3v) is 7.90. The summed E-state index contributed by atoms with van der Waals surface area (Å²) in [5, 5.41) is 2.35. The number of anilines is 1. The second-order valence-corrected chi connectivity index (χ2v) is 9.93. The average Bonchev–Trinajstić information content (AvgIpc) is 3.12. The van der Waals surface area contributed by atoms with Crippen molar-refractivity contribution in [1.29, 1.82) is 0 Å². The number of carbonyl (C=O) groups is 2. The molecule has 1 aromatic heterocycles. The molecule has 0 aliphatic carbocycles. The molecule has 2 unspecified atom stereocenters. The molecule has 0 spiro atoms. The molecule has 2 aromatic rings. The summed E-state index contributed by atoms with van der Waals surface area (Å²) in [5.74, 6) is -0.384. The Balaban J connectivity index is 1.26. The van der Waals surface area contributed by atoms with Gasteiger partial charge in [-0.3, -0.25) is 29.7 Å². The highest BCUT2D eigenvalue weighted by Crippen LogP contribution is 2.41. The predicted octanol–water partition coefficient (Wildman–Crippen LogP) is 2.72. The number of fused-ring (bicyclic) bond motifs is 1. The molecule has 168 valence electrons. The quantitative estimate of drug-likeness (QED) is 0.482. The number of nitrogens with one attached hydrogen (secondary N) is 1. The molecular weight excluding hydrogens is 490 g/mol. The fourth-order valence-electron chi connectivity index (χ4n) is 4.98. The average molecular weight is 516 g/mol. The van der Waals surface area contributed by atoms with Crippen LogP contribution in [0.2, 0.25) is 0 Å². The summed E-state index contributed by atoms with van der Waals surface area (Å²) in [4.78, 5) is 35.2. The zero-order valence-electron chi connectivity index (χ0n) is 17.7. The van der Waals surface area contributed by atoms with Gasteiger partial charge >= 0.3 is 0 Å². The van der Waals surface area contributed by atoms with Crippen LogP contribution in [0.15, 0.2) is 41.1 Å². The van der Waals surface area contributed by atoms with Crippen molar-refractivity contribution in [3.8, 4) is 0 Å². The standard InChI is InChI=1S/C23H26BrN5O2S/c24-18-12-25-7-6-19(18)28-10-8-27(9-11-28)13-15-2-1-3-16-17(15)14-29(23(16)32)20-4-5-21(30)26-22(20)31/h1-3,6-7,12,20,23,32H,4-5,8-11,13-14H2,(H,26,30,31). The Morgan fingerprint density at radius 3 is 2.72 bits per heavy atom. The molecule has 2 fully saturated rings. The van der Waals surface area contributed by atoms with Crippen LogP contribution in [-0.2, 0) is 22.7 Å². The number of piperidine rings is 1. The Kier molecular flexibility index (Phi) is 6.24. The molecule has 2 atom stereocenters. The Bertz CT molecular complexity index is 1040. The number of piperazine rings is 1. The maximum atomic E-state index is 12.4. The molecule has 32 heavy (non-hydrogen) atoms. The summed E-state index contributed by atoms with van der Waals surface area (Å²) >= 11 is 8.46. The molecule has 4 heterocycles. The second-order valence-electron chi connectivity index (χ2n) is 8.59. The van der Waals surface area contributed by atoms with Crippen LogP contribution in [0.25, 0.3) is 0 Å². The summed E-state index contributed by atoms with van der Waals surface area (Å²) in [7, 11) is 0. The van der Waals surface area contributed by atoms with Crippen LogP contribution in [0.5, 0.6) is 0 Å². The maximum Gasteiger partial charge on any atom is 0.243 e. The Morgan fingerprint density at radius 2 is 1.97 bits per heavy atom. The van der Waals surface area contributed by atoms with Crippen LogP contribution in [0.3, 0.4) is 0 Å². The lowest BCUT2D eigenvalue weighted by Gasteiger charge is -2.36. The van der Waals surface area contributed by atoms with Crippen LogP contribution in [0.4, 0.5) is 5.69 Å². The number of thiol groups is 1. The van der Waals surface area contributed by atoms with Gasteiger partial charge in [0.2, 0.25) is 11.8 Å². The van der Waals surface area contributed by atoms with E-state index in [0.717, 1.165) is 37.2 Å². The molecule has 1 N–H and O–H groups in total. The van der Waals surface area contributed by atoms with E-state index in [1.807, 2.05) is 12.4 Å². The predicted molar refractivity (Wildman–Crippen MR) is 129 cm³/mol. The number of rotatable bonds is 4. The summed E-state index contributed by atoms with van der Waals surface area (Å²) in [6.07, 6.45) is 4.62. The van der Waals surface area contributed by atoms with Crippen molar-refractivity contribution in [2.45, 2.75) is 37.3 Å². The highest BCUT2D eigenvalue weighted by atomic mass is 79.9. The molecule has 0 bridgehead atoms. The van der Waals surface area contributed by atoms with Crippen LogP contribution < -0.4 is 10.2 Å². The number of amides is 2. The molecular formula is C23H26BrN5O2S. The van der Waals surface area contributed by atoms with E-state index in [9.17, 15) is 9.59 Å². The number of carbonyl (C=O) groups excluding carboxylic acids is 2. The number of hydrogen-bond donors (Lipinski definition) is 2.